The van der Waals surface area contributed by atoms with Crippen LogP contribution in [0.1, 0.15) is 32.4 Å². The SMILES string of the molecule is C1CCOC1.CC.Cc1ccc(=O)[nH]n1. The average Bonchev–Trinajstić information content (AvgIpc) is 2.84. The van der Waals surface area contributed by atoms with Crippen molar-refractivity contribution in [2.75, 3.05) is 13.2 Å². The van der Waals surface area contributed by atoms with E-state index >= 15 is 0 Å². The van der Waals surface area contributed by atoms with Crippen LogP contribution in [-0.4, -0.2) is 23.4 Å². The molecular formula is C11H20N2O2. The van der Waals surface area contributed by atoms with E-state index in [0.717, 1.165) is 18.9 Å². The largest absolute Gasteiger partial charge is 0.381 e. The summed E-state index contributed by atoms with van der Waals surface area (Å²) in [6.07, 6.45) is 2.56. The van der Waals surface area contributed by atoms with Gasteiger partial charge in [-0.25, -0.2) is 5.10 Å². The molecule has 0 aromatic carbocycles. The van der Waals surface area contributed by atoms with Crippen LogP contribution >= 0.6 is 0 Å². The summed E-state index contributed by atoms with van der Waals surface area (Å²) in [5, 5.41) is 5.94. The second kappa shape index (κ2) is 9.40. The minimum absolute atomic E-state index is 0.157. The maximum absolute atomic E-state index is 10.3. The normalized spacial score (nSPS) is 13.3. The summed E-state index contributed by atoms with van der Waals surface area (Å²) in [6, 6.07) is 3.11. The Morgan fingerprint density at radius 3 is 2.13 bits per heavy atom. The van der Waals surface area contributed by atoms with E-state index in [2.05, 4.69) is 10.2 Å². The van der Waals surface area contributed by atoms with Crippen molar-refractivity contribution in [1.82, 2.24) is 10.2 Å². The molecule has 0 atom stereocenters. The van der Waals surface area contributed by atoms with Crippen molar-refractivity contribution in [2.45, 2.75) is 33.6 Å². The molecule has 1 fully saturated rings. The average molecular weight is 212 g/mol. The predicted molar refractivity (Wildman–Crippen MR) is 61.0 cm³/mol. The zero-order chi connectivity index (χ0) is 11.5. The fourth-order valence-electron chi connectivity index (χ4n) is 0.924. The first-order chi connectivity index (χ1) is 7.29. The number of nitrogens with zero attached hydrogens (tertiary/aromatic N) is 1. The van der Waals surface area contributed by atoms with Gasteiger partial charge in [0.15, 0.2) is 0 Å². The van der Waals surface area contributed by atoms with Crippen LogP contribution in [0.15, 0.2) is 16.9 Å². The van der Waals surface area contributed by atoms with Crippen LogP contribution in [0, 0.1) is 6.92 Å². The van der Waals surface area contributed by atoms with Crippen LogP contribution in [0.2, 0.25) is 0 Å². The molecule has 0 unspecified atom stereocenters. The van der Waals surface area contributed by atoms with Gasteiger partial charge in [-0.3, -0.25) is 4.79 Å². The molecule has 1 saturated heterocycles. The monoisotopic (exact) mass is 212 g/mol. The number of rotatable bonds is 0. The first-order valence-electron chi connectivity index (χ1n) is 5.39. The van der Waals surface area contributed by atoms with Gasteiger partial charge in [0, 0.05) is 19.3 Å². The van der Waals surface area contributed by atoms with Crippen LogP contribution in [-0.2, 0) is 4.74 Å². The number of ether oxygens (including phenoxy) is 1. The molecule has 1 N–H and O–H groups in total. The lowest BCUT2D eigenvalue weighted by atomic mass is 10.4. The van der Waals surface area contributed by atoms with Crippen LogP contribution in [0.25, 0.3) is 0 Å². The molecule has 0 spiro atoms. The summed E-state index contributed by atoms with van der Waals surface area (Å²) in [5.74, 6) is 0. The number of H-pyrrole nitrogens is 1. The minimum atomic E-state index is -0.157. The van der Waals surface area contributed by atoms with Gasteiger partial charge in [-0.1, -0.05) is 13.8 Å². The van der Waals surface area contributed by atoms with E-state index < -0.39 is 0 Å². The fourth-order valence-corrected chi connectivity index (χ4v) is 0.924. The fraction of sp³-hybridized carbons (Fsp3) is 0.636. The van der Waals surface area contributed by atoms with E-state index in [9.17, 15) is 4.79 Å². The Hall–Kier alpha value is -1.16. The van der Waals surface area contributed by atoms with Gasteiger partial charge in [0.1, 0.15) is 0 Å². The molecule has 86 valence electrons. The summed E-state index contributed by atoms with van der Waals surface area (Å²) >= 11 is 0. The molecular weight excluding hydrogens is 192 g/mol. The van der Waals surface area contributed by atoms with E-state index in [0.29, 0.717) is 0 Å². The highest BCUT2D eigenvalue weighted by atomic mass is 16.5. The van der Waals surface area contributed by atoms with Gasteiger partial charge in [-0.2, -0.15) is 5.10 Å². The lowest BCUT2D eigenvalue weighted by Gasteiger charge is -1.82. The molecule has 1 aliphatic rings. The smallest absolute Gasteiger partial charge is 0.264 e. The Bertz CT molecular complexity index is 265. The lowest BCUT2D eigenvalue weighted by Crippen LogP contribution is -2.05. The second-order valence-electron chi connectivity index (χ2n) is 2.88. The third-order valence-corrected chi connectivity index (χ3v) is 1.65. The molecule has 0 aliphatic carbocycles. The van der Waals surface area contributed by atoms with Gasteiger partial charge in [0.2, 0.25) is 0 Å². The lowest BCUT2D eigenvalue weighted by molar-refractivity contribution is 0.198. The zero-order valence-electron chi connectivity index (χ0n) is 9.75. The molecule has 1 aliphatic heterocycles. The number of nitrogens with one attached hydrogen (secondary N) is 1. The van der Waals surface area contributed by atoms with Gasteiger partial charge in [0.05, 0.1) is 5.69 Å². The highest BCUT2D eigenvalue weighted by Gasteiger charge is 1.94. The number of aromatic amines is 1. The third kappa shape index (κ3) is 7.88. The van der Waals surface area contributed by atoms with E-state index in [1.807, 2.05) is 20.8 Å². The van der Waals surface area contributed by atoms with E-state index in [-0.39, 0.29) is 5.56 Å². The van der Waals surface area contributed by atoms with Gasteiger partial charge >= 0.3 is 0 Å². The van der Waals surface area contributed by atoms with Crippen molar-refractivity contribution >= 4 is 0 Å². The van der Waals surface area contributed by atoms with Crippen molar-refractivity contribution in [3.05, 3.63) is 28.2 Å². The first kappa shape index (κ1) is 13.8. The minimum Gasteiger partial charge on any atom is -0.381 e. The highest BCUT2D eigenvalue weighted by molar-refractivity contribution is 4.95. The van der Waals surface area contributed by atoms with Crippen LogP contribution in [0.4, 0.5) is 0 Å². The van der Waals surface area contributed by atoms with Crippen molar-refractivity contribution < 1.29 is 4.74 Å². The summed E-state index contributed by atoms with van der Waals surface area (Å²) in [7, 11) is 0. The molecule has 1 aromatic rings. The molecule has 1 aromatic heterocycles. The van der Waals surface area contributed by atoms with Crippen LogP contribution in [0.3, 0.4) is 0 Å². The Morgan fingerprint density at radius 1 is 1.27 bits per heavy atom. The van der Waals surface area contributed by atoms with Gasteiger partial charge < -0.3 is 4.74 Å². The number of aryl methyl sites for hydroxylation is 1. The van der Waals surface area contributed by atoms with Crippen LogP contribution in [0.5, 0.6) is 0 Å². The molecule has 4 nitrogen and oxygen atoms in total. The maximum atomic E-state index is 10.3. The van der Waals surface area contributed by atoms with Crippen LogP contribution < -0.4 is 5.56 Å². The summed E-state index contributed by atoms with van der Waals surface area (Å²) < 4.78 is 4.94. The zero-order valence-corrected chi connectivity index (χ0v) is 9.75. The molecule has 0 saturated carbocycles. The van der Waals surface area contributed by atoms with E-state index in [4.69, 9.17) is 4.74 Å². The molecule has 0 bridgehead atoms. The van der Waals surface area contributed by atoms with Crippen molar-refractivity contribution in [3.8, 4) is 0 Å². The third-order valence-electron chi connectivity index (χ3n) is 1.65. The molecule has 0 radical (unpaired) electrons. The molecule has 2 rings (SSSR count). The van der Waals surface area contributed by atoms with E-state index in [1.165, 1.54) is 18.9 Å². The Morgan fingerprint density at radius 2 is 1.87 bits per heavy atom. The first-order valence-corrected chi connectivity index (χ1v) is 5.39. The summed E-state index contributed by atoms with van der Waals surface area (Å²) in [4.78, 5) is 10.3. The topological polar surface area (TPSA) is 55.0 Å². The van der Waals surface area contributed by atoms with Crippen molar-refractivity contribution in [3.63, 3.8) is 0 Å². The van der Waals surface area contributed by atoms with Gasteiger partial charge in [-0.05, 0) is 25.8 Å². The summed E-state index contributed by atoms with van der Waals surface area (Å²) in [6.45, 7) is 7.82. The number of aromatic nitrogens is 2. The predicted octanol–water partition coefficient (Wildman–Crippen LogP) is 1.90. The molecule has 4 heteroatoms. The second-order valence-corrected chi connectivity index (χ2v) is 2.88. The Labute approximate surface area is 90.7 Å². The van der Waals surface area contributed by atoms with Gasteiger partial charge in [0.25, 0.3) is 5.56 Å². The number of hydrogen-bond acceptors (Lipinski definition) is 3. The molecule has 0 amide bonds. The van der Waals surface area contributed by atoms with Crippen molar-refractivity contribution in [2.24, 2.45) is 0 Å². The number of hydrogen-bond donors (Lipinski definition) is 1. The quantitative estimate of drug-likeness (QED) is 0.714. The Balaban J connectivity index is 0.000000241. The standard InChI is InChI=1S/C5H6N2O.C4H8O.C2H6/c1-4-2-3-5(8)7-6-4;1-2-4-5-3-1;1-2/h2-3H,1H3,(H,7,8);1-4H2;1-2H3. The highest BCUT2D eigenvalue weighted by Crippen LogP contribution is 1.98. The van der Waals surface area contributed by atoms with E-state index in [1.54, 1.807) is 6.07 Å². The molecule has 15 heavy (non-hydrogen) atoms. The molecule has 2 heterocycles. The summed E-state index contributed by atoms with van der Waals surface area (Å²) in [5.41, 5.74) is 0.667. The van der Waals surface area contributed by atoms with Gasteiger partial charge in [-0.15, -0.1) is 0 Å². The Kier molecular flexibility index (Phi) is 8.67. The maximum Gasteiger partial charge on any atom is 0.264 e. The van der Waals surface area contributed by atoms with Crippen molar-refractivity contribution in [1.29, 1.82) is 0 Å².